The van der Waals surface area contributed by atoms with Gasteiger partial charge in [-0.1, -0.05) is 27.7 Å². The van der Waals surface area contributed by atoms with E-state index in [1.165, 1.54) is 0 Å². The molecule has 0 spiro atoms. The third-order valence-corrected chi connectivity index (χ3v) is 1.41. The van der Waals surface area contributed by atoms with Crippen LogP contribution in [-0.4, -0.2) is 23.4 Å². The van der Waals surface area contributed by atoms with E-state index < -0.39 is 0 Å². The number of hydrogen-bond acceptors (Lipinski definition) is 3. The van der Waals surface area contributed by atoms with Gasteiger partial charge in [0.2, 0.25) is 0 Å². The van der Waals surface area contributed by atoms with Crippen LogP contribution < -0.4 is 0 Å². The molecule has 0 aliphatic carbocycles. The van der Waals surface area contributed by atoms with Gasteiger partial charge in [0, 0.05) is 13.2 Å². The van der Waals surface area contributed by atoms with E-state index in [-0.39, 0.29) is 37.2 Å². The second-order valence-corrected chi connectivity index (χ2v) is 3.81. The van der Waals surface area contributed by atoms with Gasteiger partial charge in [-0.15, -0.1) is 37.2 Å². The van der Waals surface area contributed by atoms with Crippen molar-refractivity contribution in [3.8, 4) is 0 Å². The molecular weight excluding hydrogens is 325 g/mol. The fourth-order valence-corrected chi connectivity index (χ4v) is 0.516. The molecule has 0 radical (unpaired) electrons. The molecule has 0 aromatic rings. The van der Waals surface area contributed by atoms with Gasteiger partial charge in [-0.25, -0.2) is 0 Å². The molecule has 0 rings (SSSR count). The van der Waals surface area contributed by atoms with E-state index in [0.29, 0.717) is 25.0 Å². The van der Waals surface area contributed by atoms with Gasteiger partial charge in [-0.2, -0.15) is 0 Å². The third-order valence-electron chi connectivity index (χ3n) is 1.41. The van der Waals surface area contributed by atoms with Crippen molar-refractivity contribution >= 4 is 37.2 Å². The molecule has 0 aliphatic heterocycles. The van der Waals surface area contributed by atoms with E-state index in [0.717, 1.165) is 30.2 Å². The Bertz CT molecular complexity index is 88.9. The number of rotatable bonds is 4. The SMILES string of the molecule is CC(C)CCO.CC(C)CCO.Cl.Cl.Cl.[O]=[V]. The van der Waals surface area contributed by atoms with Crippen LogP contribution in [0.1, 0.15) is 40.5 Å². The standard InChI is InChI=1S/2C5H12O.3ClH.O.V/c2*1-5(2)3-4-6;;;;;/h2*5-6H,3-4H2,1-2H3;3*1H;;. The van der Waals surface area contributed by atoms with Gasteiger partial charge < -0.3 is 10.2 Å². The molecule has 0 aliphatic rings. The molecule has 0 atom stereocenters. The molecule has 0 unspecified atom stereocenters. The number of hydrogen-bond donors (Lipinski definition) is 2. The van der Waals surface area contributed by atoms with Crippen molar-refractivity contribution in [2.24, 2.45) is 11.8 Å². The summed E-state index contributed by atoms with van der Waals surface area (Å²) in [6, 6.07) is 0. The monoisotopic (exact) mass is 351 g/mol. The van der Waals surface area contributed by atoms with E-state index in [9.17, 15) is 0 Å². The average Bonchev–Trinajstić information content (AvgIpc) is 2.08. The fraction of sp³-hybridized carbons (Fsp3) is 1.00. The summed E-state index contributed by atoms with van der Waals surface area (Å²) < 4.78 is 8.19. The van der Waals surface area contributed by atoms with E-state index in [2.05, 4.69) is 27.7 Å². The van der Waals surface area contributed by atoms with Crippen LogP contribution in [0.2, 0.25) is 0 Å². The molecule has 3 nitrogen and oxygen atoms in total. The van der Waals surface area contributed by atoms with Crippen LogP contribution in [0.15, 0.2) is 0 Å². The molecular formula is C10H27Cl3O3V. The molecule has 111 valence electrons. The average molecular weight is 353 g/mol. The molecule has 0 saturated carbocycles. The minimum absolute atomic E-state index is 0. The van der Waals surface area contributed by atoms with Crippen molar-refractivity contribution in [1.82, 2.24) is 0 Å². The van der Waals surface area contributed by atoms with E-state index in [1.807, 2.05) is 0 Å². The Morgan fingerprint density at radius 3 is 0.941 bits per heavy atom. The minimum atomic E-state index is 0. The molecule has 7 heteroatoms. The maximum atomic E-state index is 8.24. The maximum absolute atomic E-state index is 8.24. The Hall–Kier alpha value is 1.17. The predicted molar refractivity (Wildman–Crippen MR) is 75.5 cm³/mol. The van der Waals surface area contributed by atoms with Crippen molar-refractivity contribution in [1.29, 1.82) is 0 Å². The summed E-state index contributed by atoms with van der Waals surface area (Å²) in [5.74, 6) is 1.30. The summed E-state index contributed by atoms with van der Waals surface area (Å²) in [6.45, 7) is 9.04. The molecule has 0 amide bonds. The Kier molecular flexibility index (Phi) is 76.6. The van der Waals surface area contributed by atoms with Crippen molar-refractivity contribution < 1.29 is 31.3 Å². The zero-order valence-electron chi connectivity index (χ0n) is 11.0. The van der Waals surface area contributed by atoms with Crippen molar-refractivity contribution in [3.05, 3.63) is 0 Å². The Labute approximate surface area is 134 Å². The third kappa shape index (κ3) is 76.8. The van der Waals surface area contributed by atoms with Crippen LogP contribution in [0, 0.1) is 11.8 Å². The van der Waals surface area contributed by atoms with Crippen molar-refractivity contribution in [2.75, 3.05) is 13.2 Å². The number of halogens is 3. The first-order valence-corrected chi connectivity index (χ1v) is 5.51. The van der Waals surface area contributed by atoms with Crippen LogP contribution in [0.5, 0.6) is 0 Å². The fourth-order valence-electron chi connectivity index (χ4n) is 0.516. The molecule has 0 fully saturated rings. The van der Waals surface area contributed by atoms with Gasteiger partial charge in [-0.05, 0) is 24.7 Å². The van der Waals surface area contributed by atoms with Gasteiger partial charge in [-0.3, -0.25) is 0 Å². The quantitative estimate of drug-likeness (QED) is 0.817. The van der Waals surface area contributed by atoms with Gasteiger partial charge in [0.15, 0.2) is 0 Å². The van der Waals surface area contributed by atoms with Gasteiger partial charge in [0.05, 0.1) is 0 Å². The Morgan fingerprint density at radius 1 is 0.765 bits per heavy atom. The van der Waals surface area contributed by atoms with Crippen molar-refractivity contribution in [3.63, 3.8) is 0 Å². The molecule has 2 N–H and O–H groups in total. The first-order valence-electron chi connectivity index (χ1n) is 4.94. The molecule has 17 heavy (non-hydrogen) atoms. The normalized spacial score (nSPS) is 7.24. The predicted octanol–water partition coefficient (Wildman–Crippen LogP) is 3.19. The van der Waals surface area contributed by atoms with E-state index >= 15 is 0 Å². The van der Waals surface area contributed by atoms with Crippen LogP contribution in [-0.2, 0) is 21.0 Å². The summed E-state index contributed by atoms with van der Waals surface area (Å²) in [5.41, 5.74) is 0. The van der Waals surface area contributed by atoms with Gasteiger partial charge in [0.1, 0.15) is 0 Å². The van der Waals surface area contributed by atoms with E-state index in [1.54, 1.807) is 0 Å². The van der Waals surface area contributed by atoms with Gasteiger partial charge in [0.25, 0.3) is 0 Å². The molecule has 0 bridgehead atoms. The summed E-state index contributed by atoms with van der Waals surface area (Å²) in [5, 5.41) is 16.5. The Balaban J connectivity index is -0.0000000268. The summed E-state index contributed by atoms with van der Waals surface area (Å²) in [4.78, 5) is 0. The first-order chi connectivity index (χ1) is 6.54. The number of aliphatic hydroxyl groups is 2. The van der Waals surface area contributed by atoms with Crippen LogP contribution in [0.3, 0.4) is 0 Å². The second kappa shape index (κ2) is 36.0. The molecule has 0 saturated heterocycles. The summed E-state index contributed by atoms with van der Waals surface area (Å²) >= 11 is 1.06. The summed E-state index contributed by atoms with van der Waals surface area (Å²) in [6.07, 6.45) is 1.86. The summed E-state index contributed by atoms with van der Waals surface area (Å²) in [7, 11) is 0. The van der Waals surface area contributed by atoms with Crippen LogP contribution in [0.4, 0.5) is 0 Å². The zero-order chi connectivity index (χ0) is 12.0. The first kappa shape index (κ1) is 36.2. The number of aliphatic hydroxyl groups excluding tert-OH is 2. The van der Waals surface area contributed by atoms with Crippen LogP contribution in [0.25, 0.3) is 0 Å². The zero-order valence-corrected chi connectivity index (χ0v) is 14.8. The molecule has 0 aromatic carbocycles. The molecule has 0 heterocycles. The topological polar surface area (TPSA) is 57.5 Å². The van der Waals surface area contributed by atoms with Gasteiger partial charge >= 0.3 is 21.0 Å². The second-order valence-electron chi connectivity index (χ2n) is 3.81. The Morgan fingerprint density at radius 2 is 0.941 bits per heavy atom. The van der Waals surface area contributed by atoms with Crippen LogP contribution >= 0.6 is 37.2 Å². The molecule has 0 aromatic heterocycles. The van der Waals surface area contributed by atoms with Crippen molar-refractivity contribution in [2.45, 2.75) is 40.5 Å². The van der Waals surface area contributed by atoms with E-state index in [4.69, 9.17) is 13.9 Å².